The van der Waals surface area contributed by atoms with E-state index >= 15 is 0 Å². The van der Waals surface area contributed by atoms with Gasteiger partial charge in [0.15, 0.2) is 0 Å². The van der Waals surface area contributed by atoms with Crippen LogP contribution in [-0.4, -0.2) is 44.9 Å². The summed E-state index contributed by atoms with van der Waals surface area (Å²) in [5.41, 5.74) is 3.48. The lowest BCUT2D eigenvalue weighted by atomic mass is 9.66. The van der Waals surface area contributed by atoms with E-state index in [0.29, 0.717) is 12.3 Å². The van der Waals surface area contributed by atoms with Crippen LogP contribution in [0.25, 0.3) is 11.0 Å². The molecule has 1 heterocycles. The van der Waals surface area contributed by atoms with E-state index in [-0.39, 0.29) is 17.4 Å². The van der Waals surface area contributed by atoms with Gasteiger partial charge in [0.1, 0.15) is 5.82 Å². The van der Waals surface area contributed by atoms with Gasteiger partial charge >= 0.3 is 5.69 Å². The minimum Gasteiger partial charge on any atom is -0.389 e. The maximum Gasteiger partial charge on any atom is 0.328 e. The van der Waals surface area contributed by atoms with Crippen molar-refractivity contribution in [2.75, 3.05) is 20.1 Å². The fourth-order valence-electron chi connectivity index (χ4n) is 6.23. The van der Waals surface area contributed by atoms with E-state index in [1.807, 2.05) is 41.9 Å². The van der Waals surface area contributed by atoms with Gasteiger partial charge in [-0.25, -0.2) is 9.18 Å². The van der Waals surface area contributed by atoms with Gasteiger partial charge in [0.05, 0.1) is 16.6 Å². The largest absolute Gasteiger partial charge is 0.389 e. The van der Waals surface area contributed by atoms with Crippen molar-refractivity contribution in [3.8, 4) is 0 Å². The minimum absolute atomic E-state index is 0.0349. The van der Waals surface area contributed by atoms with Crippen LogP contribution in [0.4, 0.5) is 4.39 Å². The van der Waals surface area contributed by atoms with E-state index in [2.05, 4.69) is 25.8 Å². The number of hydrogen-bond donors (Lipinski definition) is 1. The number of rotatable bonds is 11. The maximum atomic E-state index is 13.7. The first kappa shape index (κ1) is 26.6. The first-order valence-electron chi connectivity index (χ1n) is 13.5. The number of aromatic nitrogens is 2. The number of halogens is 1. The quantitative estimate of drug-likeness (QED) is 0.359. The molecule has 0 saturated heterocycles. The second-order valence-corrected chi connectivity index (χ2v) is 11.1. The Hall–Kier alpha value is -2.44. The van der Waals surface area contributed by atoms with Crippen LogP contribution in [-0.2, 0) is 20.0 Å². The maximum absolute atomic E-state index is 13.7. The van der Waals surface area contributed by atoms with Crippen LogP contribution >= 0.6 is 0 Å². The molecule has 196 valence electrons. The van der Waals surface area contributed by atoms with Crippen LogP contribution in [0.5, 0.6) is 0 Å². The van der Waals surface area contributed by atoms with Crippen LogP contribution in [0.3, 0.4) is 0 Å². The Bertz CT molecular complexity index is 1230. The Morgan fingerprint density at radius 3 is 2.56 bits per heavy atom. The van der Waals surface area contributed by atoms with Crippen LogP contribution in [0.15, 0.2) is 47.3 Å². The van der Waals surface area contributed by atoms with Gasteiger partial charge in [0.25, 0.3) is 0 Å². The number of unbranched alkanes of at least 4 members (excludes halogenated alkanes) is 3. The molecule has 3 aromatic rings. The van der Waals surface area contributed by atoms with E-state index in [0.717, 1.165) is 80.3 Å². The van der Waals surface area contributed by atoms with Crippen molar-refractivity contribution in [3.63, 3.8) is 0 Å². The molecule has 0 radical (unpaired) electrons. The monoisotopic (exact) mass is 495 g/mol. The summed E-state index contributed by atoms with van der Waals surface area (Å²) in [6, 6.07) is 13.0. The molecule has 5 nitrogen and oxygen atoms in total. The molecule has 4 rings (SSSR count). The van der Waals surface area contributed by atoms with Crippen molar-refractivity contribution in [1.82, 2.24) is 14.0 Å². The zero-order valence-electron chi connectivity index (χ0n) is 22.3. The number of hydrogen-bond acceptors (Lipinski definition) is 3. The third-order valence-corrected chi connectivity index (χ3v) is 8.16. The predicted octanol–water partition coefficient (Wildman–Crippen LogP) is 5.48. The van der Waals surface area contributed by atoms with Crippen molar-refractivity contribution < 1.29 is 9.50 Å². The molecule has 0 bridgehead atoms. The Morgan fingerprint density at radius 1 is 1.08 bits per heavy atom. The molecule has 1 aromatic heterocycles. The summed E-state index contributed by atoms with van der Waals surface area (Å²) in [4.78, 5) is 14.9. The van der Waals surface area contributed by atoms with Crippen LogP contribution in [0, 0.1) is 11.7 Å². The van der Waals surface area contributed by atoms with E-state index in [9.17, 15) is 14.3 Å². The fraction of sp³-hybridized carbons (Fsp3) is 0.567. The third kappa shape index (κ3) is 5.60. The summed E-state index contributed by atoms with van der Waals surface area (Å²) in [5.74, 6) is 0.136. The Balaban J connectivity index is 1.22. The average molecular weight is 496 g/mol. The molecule has 2 atom stereocenters. The number of nitrogens with zero attached hydrogens (tertiary/aromatic N) is 3. The van der Waals surface area contributed by atoms with Gasteiger partial charge in [0, 0.05) is 26.1 Å². The molecule has 1 aliphatic rings. The SMILES string of the molecule is CC(C)C1c2ccc(F)cc2CCC1(O)CCN(C)CCCCCCn1c(=O)n(C)c2ccccc21. The zero-order valence-corrected chi connectivity index (χ0v) is 22.3. The van der Waals surface area contributed by atoms with Crippen molar-refractivity contribution in [1.29, 1.82) is 0 Å². The standard InChI is InChI=1S/C30H42FN3O2/c1-22(2)28-25-14-13-24(31)21-23(25)15-16-30(28,36)17-20-32(3)18-9-5-6-10-19-34-27-12-8-7-11-26(27)33(4)29(34)35/h7-8,11-14,21-22,28,36H,5-6,9-10,15-20H2,1-4H3. The summed E-state index contributed by atoms with van der Waals surface area (Å²) in [5, 5.41) is 11.7. The van der Waals surface area contributed by atoms with E-state index in [4.69, 9.17) is 0 Å². The smallest absolute Gasteiger partial charge is 0.328 e. The number of fused-ring (bicyclic) bond motifs is 2. The van der Waals surface area contributed by atoms with Gasteiger partial charge in [0.2, 0.25) is 0 Å². The highest BCUT2D eigenvalue weighted by molar-refractivity contribution is 5.75. The summed E-state index contributed by atoms with van der Waals surface area (Å²) < 4.78 is 17.4. The number of benzene rings is 2. The second-order valence-electron chi connectivity index (χ2n) is 11.1. The first-order chi connectivity index (χ1) is 17.2. The minimum atomic E-state index is -0.751. The number of aryl methyl sites for hydroxylation is 3. The summed E-state index contributed by atoms with van der Waals surface area (Å²) in [6.07, 6.45) is 6.47. The van der Waals surface area contributed by atoms with Gasteiger partial charge in [-0.2, -0.15) is 0 Å². The van der Waals surface area contributed by atoms with Crippen molar-refractivity contribution in [2.45, 2.75) is 76.9 Å². The number of para-hydroxylation sites is 2. The van der Waals surface area contributed by atoms with Gasteiger partial charge in [-0.3, -0.25) is 9.13 Å². The molecular formula is C30H42FN3O2. The molecule has 0 aliphatic heterocycles. The lowest BCUT2D eigenvalue weighted by Gasteiger charge is -2.44. The molecule has 1 aliphatic carbocycles. The van der Waals surface area contributed by atoms with Crippen LogP contribution < -0.4 is 5.69 Å². The Morgan fingerprint density at radius 2 is 1.81 bits per heavy atom. The van der Waals surface area contributed by atoms with Crippen molar-refractivity contribution in [3.05, 3.63) is 69.9 Å². The Labute approximate surface area is 214 Å². The third-order valence-electron chi connectivity index (χ3n) is 8.16. The number of imidazole rings is 1. The lowest BCUT2D eigenvalue weighted by Crippen LogP contribution is -2.45. The highest BCUT2D eigenvalue weighted by atomic mass is 19.1. The van der Waals surface area contributed by atoms with Gasteiger partial charge in [-0.15, -0.1) is 0 Å². The highest BCUT2D eigenvalue weighted by Crippen LogP contribution is 2.45. The number of aliphatic hydroxyl groups is 1. The van der Waals surface area contributed by atoms with Gasteiger partial charge in [-0.05, 0) is 87.0 Å². The normalized spacial score (nSPS) is 19.9. The predicted molar refractivity (Wildman–Crippen MR) is 145 cm³/mol. The molecule has 0 amide bonds. The van der Waals surface area contributed by atoms with Crippen molar-refractivity contribution >= 4 is 11.0 Å². The molecule has 2 unspecified atom stereocenters. The summed E-state index contributed by atoms with van der Waals surface area (Å²) in [7, 11) is 3.97. The Kier molecular flexibility index (Phi) is 8.36. The molecule has 36 heavy (non-hydrogen) atoms. The summed E-state index contributed by atoms with van der Waals surface area (Å²) >= 11 is 0. The molecule has 6 heteroatoms. The van der Waals surface area contributed by atoms with E-state index in [1.165, 1.54) is 6.07 Å². The zero-order chi connectivity index (χ0) is 25.9. The molecule has 0 spiro atoms. The molecule has 1 N–H and O–H groups in total. The van der Waals surface area contributed by atoms with E-state index < -0.39 is 5.60 Å². The van der Waals surface area contributed by atoms with E-state index in [1.54, 1.807) is 10.6 Å². The fourth-order valence-corrected chi connectivity index (χ4v) is 6.23. The average Bonchev–Trinajstić information content (AvgIpc) is 3.09. The highest BCUT2D eigenvalue weighted by Gasteiger charge is 2.43. The summed E-state index contributed by atoms with van der Waals surface area (Å²) in [6.45, 7) is 6.92. The van der Waals surface area contributed by atoms with Gasteiger partial charge < -0.3 is 10.0 Å². The molecular weight excluding hydrogens is 453 g/mol. The van der Waals surface area contributed by atoms with Crippen molar-refractivity contribution in [2.24, 2.45) is 13.0 Å². The van der Waals surface area contributed by atoms with Crippen LogP contribution in [0.2, 0.25) is 0 Å². The molecule has 2 aromatic carbocycles. The second kappa shape index (κ2) is 11.3. The van der Waals surface area contributed by atoms with Crippen LogP contribution in [0.1, 0.15) is 69.4 Å². The van der Waals surface area contributed by atoms with Gasteiger partial charge in [-0.1, -0.05) is 44.9 Å². The topological polar surface area (TPSA) is 50.4 Å². The first-order valence-corrected chi connectivity index (χ1v) is 13.5. The lowest BCUT2D eigenvalue weighted by molar-refractivity contribution is -0.0301. The molecule has 0 saturated carbocycles. The molecule has 0 fully saturated rings.